The molecule has 0 fully saturated rings. The quantitative estimate of drug-likeness (QED) is 0.700. The van der Waals surface area contributed by atoms with E-state index >= 15 is 0 Å². The molecule has 0 saturated heterocycles. The van der Waals surface area contributed by atoms with Gasteiger partial charge in [-0.15, -0.1) is 11.3 Å². The molecular weight excluding hydrogens is 354 g/mol. The first-order chi connectivity index (χ1) is 9.46. The maximum Gasteiger partial charge on any atom is 0.0888 e. The van der Waals surface area contributed by atoms with E-state index in [0.29, 0.717) is 0 Å². The summed E-state index contributed by atoms with van der Waals surface area (Å²) >= 11 is 11.4. The number of nitrogens with one attached hydrogen (secondary N) is 1. The lowest BCUT2D eigenvalue weighted by Crippen LogP contribution is -2.36. The van der Waals surface area contributed by atoms with Crippen LogP contribution < -0.4 is 5.32 Å². The molecule has 0 aliphatic rings. The number of benzene rings is 1. The highest BCUT2D eigenvalue weighted by Crippen LogP contribution is 2.43. The summed E-state index contributed by atoms with van der Waals surface area (Å²) in [5.41, 5.74) is 1.32. The van der Waals surface area contributed by atoms with E-state index in [1.165, 1.54) is 10.4 Å². The van der Waals surface area contributed by atoms with Crippen molar-refractivity contribution in [1.29, 1.82) is 0 Å². The Kier molecular flexibility index (Phi) is 5.30. The van der Waals surface area contributed by atoms with Crippen molar-refractivity contribution < 1.29 is 0 Å². The predicted octanol–water partition coefficient (Wildman–Crippen LogP) is 5.79. The average molecular weight is 373 g/mol. The third-order valence-corrected chi connectivity index (χ3v) is 6.14. The molecule has 0 aliphatic heterocycles. The average Bonchev–Trinajstić information content (AvgIpc) is 2.76. The first kappa shape index (κ1) is 16.0. The predicted molar refractivity (Wildman–Crippen MR) is 92.9 cm³/mol. The van der Waals surface area contributed by atoms with Gasteiger partial charge in [0, 0.05) is 10.3 Å². The van der Waals surface area contributed by atoms with Gasteiger partial charge in [-0.05, 0) is 34.1 Å². The van der Waals surface area contributed by atoms with Crippen LogP contribution >= 0.6 is 38.9 Å². The third-order valence-electron chi connectivity index (χ3n) is 3.60. The molecule has 1 aromatic carbocycles. The van der Waals surface area contributed by atoms with Gasteiger partial charge >= 0.3 is 0 Å². The van der Waals surface area contributed by atoms with Gasteiger partial charge in [-0.1, -0.05) is 62.7 Å². The fourth-order valence-electron chi connectivity index (χ4n) is 2.46. The first-order valence-corrected chi connectivity index (χ1v) is 8.69. The van der Waals surface area contributed by atoms with Crippen molar-refractivity contribution in [2.75, 3.05) is 6.54 Å². The van der Waals surface area contributed by atoms with Gasteiger partial charge in [0.25, 0.3) is 0 Å². The first-order valence-electron chi connectivity index (χ1n) is 6.70. The molecule has 20 heavy (non-hydrogen) atoms. The highest BCUT2D eigenvalue weighted by Gasteiger charge is 2.33. The van der Waals surface area contributed by atoms with Crippen LogP contribution in [0.3, 0.4) is 0 Å². The van der Waals surface area contributed by atoms with Crippen LogP contribution in [0.25, 0.3) is 0 Å². The largest absolute Gasteiger partial charge is 0.309 e. The van der Waals surface area contributed by atoms with Crippen LogP contribution in [0.5, 0.6) is 0 Å². The third kappa shape index (κ3) is 3.28. The molecule has 0 radical (unpaired) electrons. The second-order valence-corrected chi connectivity index (χ2v) is 8.16. The Morgan fingerprint density at radius 1 is 1.30 bits per heavy atom. The highest BCUT2D eigenvalue weighted by molar-refractivity contribution is 9.11. The summed E-state index contributed by atoms with van der Waals surface area (Å²) in [6.45, 7) is 7.61. The molecule has 0 spiro atoms. The summed E-state index contributed by atoms with van der Waals surface area (Å²) in [7, 11) is 0. The number of rotatable bonds is 5. The zero-order valence-electron chi connectivity index (χ0n) is 11.9. The van der Waals surface area contributed by atoms with E-state index in [-0.39, 0.29) is 11.5 Å². The molecular formula is C16H19BrClNS. The van der Waals surface area contributed by atoms with Crippen molar-refractivity contribution in [2.45, 2.75) is 32.2 Å². The van der Waals surface area contributed by atoms with Crippen LogP contribution in [-0.4, -0.2) is 6.54 Å². The molecule has 1 unspecified atom stereocenters. The summed E-state index contributed by atoms with van der Waals surface area (Å²) in [6.07, 6.45) is 0. The SMILES string of the molecule is CCNC(c1cc(Cl)c(Br)s1)C(C)(C)c1ccccc1. The Balaban J connectivity index is 2.42. The molecule has 1 N–H and O–H groups in total. The van der Waals surface area contributed by atoms with E-state index in [1.807, 2.05) is 0 Å². The number of hydrogen-bond donors (Lipinski definition) is 1. The lowest BCUT2D eigenvalue weighted by Gasteiger charge is -2.35. The fraction of sp³-hybridized carbons (Fsp3) is 0.375. The zero-order valence-corrected chi connectivity index (χ0v) is 15.1. The molecule has 108 valence electrons. The van der Waals surface area contributed by atoms with Crippen LogP contribution in [0.15, 0.2) is 40.2 Å². The summed E-state index contributed by atoms with van der Waals surface area (Å²) in [5, 5.41) is 4.40. The molecule has 0 bridgehead atoms. The van der Waals surface area contributed by atoms with Crippen LogP contribution in [-0.2, 0) is 5.41 Å². The van der Waals surface area contributed by atoms with E-state index < -0.39 is 0 Å². The molecule has 4 heteroatoms. The van der Waals surface area contributed by atoms with Crippen molar-refractivity contribution in [3.8, 4) is 0 Å². The minimum atomic E-state index is -0.00904. The second-order valence-electron chi connectivity index (χ2n) is 5.35. The maximum absolute atomic E-state index is 6.21. The number of hydrogen-bond acceptors (Lipinski definition) is 2. The number of thiophene rings is 1. The minimum Gasteiger partial charge on any atom is -0.309 e. The number of likely N-dealkylation sites (N-methyl/N-ethyl adjacent to an activating group) is 1. The molecule has 1 aromatic heterocycles. The molecule has 0 aliphatic carbocycles. The maximum atomic E-state index is 6.21. The van der Waals surface area contributed by atoms with Gasteiger partial charge in [0.15, 0.2) is 0 Å². The standard InChI is InChI=1S/C16H19BrClNS/c1-4-19-14(13-10-12(18)15(17)20-13)16(2,3)11-8-6-5-7-9-11/h5-10,14,19H,4H2,1-3H3. The fourth-order valence-corrected chi connectivity index (χ4v) is 4.46. The van der Waals surface area contributed by atoms with Gasteiger partial charge in [-0.2, -0.15) is 0 Å². The van der Waals surface area contributed by atoms with Gasteiger partial charge in [-0.3, -0.25) is 0 Å². The van der Waals surface area contributed by atoms with E-state index in [0.717, 1.165) is 15.4 Å². The molecule has 2 rings (SSSR count). The van der Waals surface area contributed by atoms with E-state index in [9.17, 15) is 0 Å². The van der Waals surface area contributed by atoms with Crippen LogP contribution in [0.2, 0.25) is 5.02 Å². The van der Waals surface area contributed by atoms with Crippen molar-refractivity contribution in [3.05, 3.63) is 55.6 Å². The summed E-state index contributed by atoms with van der Waals surface area (Å²) in [5.74, 6) is 0. The van der Waals surface area contributed by atoms with E-state index in [1.54, 1.807) is 11.3 Å². The Hall–Kier alpha value is -0.350. The van der Waals surface area contributed by atoms with Crippen molar-refractivity contribution in [2.24, 2.45) is 0 Å². The lowest BCUT2D eigenvalue weighted by atomic mass is 9.77. The summed E-state index contributed by atoms with van der Waals surface area (Å²) in [6, 6.07) is 12.9. The number of halogens is 2. The van der Waals surface area contributed by atoms with E-state index in [2.05, 4.69) is 78.4 Å². The molecule has 0 amide bonds. The Bertz CT molecular complexity index is 546. The van der Waals surface area contributed by atoms with Crippen LogP contribution in [0, 0.1) is 0 Å². The van der Waals surface area contributed by atoms with Crippen molar-refractivity contribution in [3.63, 3.8) is 0 Å². The Morgan fingerprint density at radius 3 is 2.45 bits per heavy atom. The van der Waals surface area contributed by atoms with Gasteiger partial charge in [0.05, 0.1) is 14.9 Å². The summed E-state index contributed by atoms with van der Waals surface area (Å²) < 4.78 is 1.00. The minimum absolute atomic E-state index is 0.00904. The highest BCUT2D eigenvalue weighted by atomic mass is 79.9. The monoisotopic (exact) mass is 371 g/mol. The van der Waals surface area contributed by atoms with E-state index in [4.69, 9.17) is 11.6 Å². The van der Waals surface area contributed by atoms with Gasteiger partial charge in [0.1, 0.15) is 0 Å². The smallest absolute Gasteiger partial charge is 0.0888 e. The van der Waals surface area contributed by atoms with Crippen molar-refractivity contribution in [1.82, 2.24) is 5.32 Å². The Labute approximate surface area is 138 Å². The topological polar surface area (TPSA) is 12.0 Å². The van der Waals surface area contributed by atoms with Crippen LogP contribution in [0.1, 0.15) is 37.3 Å². The molecule has 1 heterocycles. The van der Waals surface area contributed by atoms with Gasteiger partial charge < -0.3 is 5.32 Å². The zero-order chi connectivity index (χ0) is 14.8. The van der Waals surface area contributed by atoms with Gasteiger partial charge in [0.2, 0.25) is 0 Å². The van der Waals surface area contributed by atoms with Crippen LogP contribution in [0.4, 0.5) is 0 Å². The normalized spacial score (nSPS) is 13.4. The van der Waals surface area contributed by atoms with Crippen molar-refractivity contribution >= 4 is 38.9 Å². The molecule has 0 saturated carbocycles. The van der Waals surface area contributed by atoms with Gasteiger partial charge in [-0.25, -0.2) is 0 Å². The second kappa shape index (κ2) is 6.61. The molecule has 2 aromatic rings. The molecule has 1 nitrogen and oxygen atoms in total. The summed E-state index contributed by atoms with van der Waals surface area (Å²) in [4.78, 5) is 1.26. The molecule has 1 atom stereocenters. The lowest BCUT2D eigenvalue weighted by molar-refractivity contribution is 0.359. The Morgan fingerprint density at radius 2 is 1.95 bits per heavy atom.